The van der Waals surface area contributed by atoms with E-state index in [-0.39, 0.29) is 18.9 Å². The van der Waals surface area contributed by atoms with Gasteiger partial charge in [0.2, 0.25) is 0 Å². The zero-order valence-electron chi connectivity index (χ0n) is 14.6. The molecule has 136 valence electrons. The Morgan fingerprint density at radius 1 is 1.32 bits per heavy atom. The van der Waals surface area contributed by atoms with E-state index in [0.717, 1.165) is 17.1 Å². The van der Waals surface area contributed by atoms with E-state index >= 15 is 0 Å². The smallest absolute Gasteiger partial charge is 0.360 e. The fourth-order valence-corrected chi connectivity index (χ4v) is 2.69. The lowest BCUT2D eigenvalue weighted by Gasteiger charge is -2.15. The number of aromatic nitrogens is 2. The van der Waals surface area contributed by atoms with Crippen LogP contribution in [-0.2, 0) is 4.74 Å². The van der Waals surface area contributed by atoms with Crippen LogP contribution in [0.2, 0.25) is 0 Å². The highest BCUT2D eigenvalue weighted by molar-refractivity contribution is 7.09. The van der Waals surface area contributed by atoms with E-state index in [2.05, 4.69) is 14.9 Å². The molecule has 0 bridgehead atoms. The molecule has 0 saturated carbocycles. The van der Waals surface area contributed by atoms with Crippen molar-refractivity contribution in [2.24, 2.45) is 0 Å². The summed E-state index contributed by atoms with van der Waals surface area (Å²) >= 11 is 1.14. The van der Waals surface area contributed by atoms with Gasteiger partial charge in [-0.15, -0.1) is 5.10 Å². The maximum Gasteiger partial charge on any atom is 0.360 e. The van der Waals surface area contributed by atoms with Crippen molar-refractivity contribution in [1.29, 1.82) is 0 Å². The average molecular weight is 365 g/mol. The minimum Gasteiger partial charge on any atom is -0.491 e. The molecule has 0 aliphatic carbocycles. The van der Waals surface area contributed by atoms with Crippen LogP contribution in [0.3, 0.4) is 0 Å². The Morgan fingerprint density at radius 3 is 2.68 bits per heavy atom. The summed E-state index contributed by atoms with van der Waals surface area (Å²) in [6.07, 6.45) is -0.580. The lowest BCUT2D eigenvalue weighted by atomic mass is 10.1. The summed E-state index contributed by atoms with van der Waals surface area (Å²) in [6.45, 7) is 6.75. The van der Waals surface area contributed by atoms with Gasteiger partial charge >= 0.3 is 5.97 Å². The fraction of sp³-hybridized carbons (Fsp3) is 0.471. The van der Waals surface area contributed by atoms with Crippen LogP contribution in [0.5, 0.6) is 5.75 Å². The third kappa shape index (κ3) is 5.77. The molecule has 0 amide bonds. The highest BCUT2D eigenvalue weighted by atomic mass is 32.1. The average Bonchev–Trinajstić information content (AvgIpc) is 3.08. The number of ether oxygens (including phenoxy) is 2. The lowest BCUT2D eigenvalue weighted by molar-refractivity contribution is 0.0520. The Hall–Kier alpha value is -2.03. The van der Waals surface area contributed by atoms with Crippen LogP contribution in [0.1, 0.15) is 31.3 Å². The monoisotopic (exact) mass is 365 g/mol. The van der Waals surface area contributed by atoms with E-state index in [0.29, 0.717) is 23.2 Å². The zero-order chi connectivity index (χ0) is 18.2. The lowest BCUT2D eigenvalue weighted by Crippen LogP contribution is -2.35. The first-order valence-electron chi connectivity index (χ1n) is 8.15. The van der Waals surface area contributed by atoms with E-state index in [1.807, 2.05) is 26.0 Å². The van der Waals surface area contributed by atoms with Gasteiger partial charge in [0.25, 0.3) is 0 Å². The number of nitrogens with zero attached hydrogens (tertiary/aromatic N) is 2. The van der Waals surface area contributed by atoms with Gasteiger partial charge in [-0.3, -0.25) is 0 Å². The second-order valence-electron chi connectivity index (χ2n) is 5.72. The van der Waals surface area contributed by atoms with Crippen molar-refractivity contribution in [2.75, 3.05) is 19.8 Å². The molecule has 8 heteroatoms. The molecule has 0 fully saturated rings. The molecule has 0 saturated heterocycles. The predicted molar refractivity (Wildman–Crippen MR) is 95.9 cm³/mol. The Labute approximate surface area is 151 Å². The Morgan fingerprint density at radius 2 is 2.04 bits per heavy atom. The maximum absolute atomic E-state index is 11.9. The first kappa shape index (κ1) is 19.3. The summed E-state index contributed by atoms with van der Waals surface area (Å²) in [5.41, 5.74) is 1.03. The van der Waals surface area contributed by atoms with E-state index < -0.39 is 12.1 Å². The van der Waals surface area contributed by atoms with Gasteiger partial charge in [0.05, 0.1) is 11.5 Å². The van der Waals surface area contributed by atoms with E-state index in [9.17, 15) is 9.90 Å². The van der Waals surface area contributed by atoms with Crippen LogP contribution in [0.25, 0.3) is 10.4 Å². The van der Waals surface area contributed by atoms with E-state index in [1.165, 1.54) is 0 Å². The Bertz CT molecular complexity index is 673. The number of nitrogens with one attached hydrogen (secondary N) is 1. The number of carbonyl (C=O) groups excluding carboxylic acids is 1. The van der Waals surface area contributed by atoms with Gasteiger partial charge < -0.3 is 19.9 Å². The molecular weight excluding hydrogens is 342 g/mol. The van der Waals surface area contributed by atoms with Gasteiger partial charge in [-0.25, -0.2) is 4.79 Å². The number of rotatable bonds is 9. The van der Waals surface area contributed by atoms with Gasteiger partial charge in [-0.2, -0.15) is 0 Å². The fourth-order valence-electron chi connectivity index (χ4n) is 2.04. The molecular formula is C17H23N3O4S. The van der Waals surface area contributed by atoms with Crippen LogP contribution in [0, 0.1) is 0 Å². The summed E-state index contributed by atoms with van der Waals surface area (Å²) < 4.78 is 14.4. The van der Waals surface area contributed by atoms with Crippen LogP contribution in [0.15, 0.2) is 24.3 Å². The van der Waals surface area contributed by atoms with Gasteiger partial charge in [-0.1, -0.05) is 18.3 Å². The summed E-state index contributed by atoms with van der Waals surface area (Å²) in [4.78, 5) is 12.5. The first-order valence-corrected chi connectivity index (χ1v) is 8.92. The molecule has 2 aromatic rings. The molecule has 0 aliphatic rings. The first-order chi connectivity index (χ1) is 12.0. The summed E-state index contributed by atoms with van der Waals surface area (Å²) in [7, 11) is 0. The molecule has 1 heterocycles. The third-order valence-electron chi connectivity index (χ3n) is 3.28. The molecule has 7 nitrogen and oxygen atoms in total. The van der Waals surface area contributed by atoms with Crippen LogP contribution in [0.4, 0.5) is 0 Å². The summed E-state index contributed by atoms with van der Waals surface area (Å²) in [5, 5.41) is 16.9. The van der Waals surface area contributed by atoms with Crippen molar-refractivity contribution >= 4 is 17.5 Å². The van der Waals surface area contributed by atoms with Crippen LogP contribution < -0.4 is 10.1 Å². The van der Waals surface area contributed by atoms with Crippen LogP contribution in [-0.4, -0.2) is 52.6 Å². The molecule has 0 spiro atoms. The minimum atomic E-state index is -0.580. The number of aliphatic hydroxyl groups is 1. The number of esters is 1. The van der Waals surface area contributed by atoms with Crippen molar-refractivity contribution in [3.8, 4) is 16.2 Å². The van der Waals surface area contributed by atoms with Crippen molar-refractivity contribution in [1.82, 2.24) is 14.9 Å². The van der Waals surface area contributed by atoms with Gasteiger partial charge in [0.1, 0.15) is 18.5 Å². The second-order valence-corrected chi connectivity index (χ2v) is 6.48. The van der Waals surface area contributed by atoms with Gasteiger partial charge in [0, 0.05) is 12.6 Å². The van der Waals surface area contributed by atoms with Crippen LogP contribution >= 0.6 is 11.5 Å². The molecule has 1 aromatic heterocycles. The van der Waals surface area contributed by atoms with Crippen molar-refractivity contribution < 1.29 is 19.4 Å². The maximum atomic E-state index is 11.9. The third-order valence-corrected chi connectivity index (χ3v) is 4.05. The van der Waals surface area contributed by atoms with E-state index in [1.54, 1.807) is 19.1 Å². The minimum absolute atomic E-state index is 0.204. The second kappa shape index (κ2) is 9.45. The molecule has 25 heavy (non-hydrogen) atoms. The predicted octanol–water partition coefficient (Wildman–Crippen LogP) is 2.12. The van der Waals surface area contributed by atoms with E-state index in [4.69, 9.17) is 9.47 Å². The Balaban J connectivity index is 1.96. The summed E-state index contributed by atoms with van der Waals surface area (Å²) in [6, 6.07) is 7.53. The van der Waals surface area contributed by atoms with Crippen molar-refractivity contribution in [2.45, 2.75) is 32.9 Å². The molecule has 2 rings (SSSR count). The molecule has 1 aromatic carbocycles. The molecule has 0 aliphatic heterocycles. The molecule has 0 radical (unpaired) electrons. The number of hydrogen-bond donors (Lipinski definition) is 2. The quantitative estimate of drug-likeness (QED) is 0.657. The number of benzene rings is 1. The number of hydrogen-bond acceptors (Lipinski definition) is 8. The van der Waals surface area contributed by atoms with Gasteiger partial charge in [-0.05, 0) is 48.3 Å². The molecule has 2 N–H and O–H groups in total. The number of aliphatic hydroxyl groups excluding tert-OH is 1. The Kier molecular flexibility index (Phi) is 7.30. The normalized spacial score (nSPS) is 12.2. The van der Waals surface area contributed by atoms with Gasteiger partial charge in [0.15, 0.2) is 5.69 Å². The molecule has 1 atom stereocenters. The topological polar surface area (TPSA) is 93.6 Å². The highest BCUT2D eigenvalue weighted by Gasteiger charge is 2.19. The standard InChI is InChI=1S/C17H23N3O4S/c1-4-23-17(22)15-16(25-20-19-15)12-5-7-14(8-6-12)24-10-13(21)9-18-11(2)3/h5-8,11,13,18,21H,4,9-10H2,1-3H3. The van der Waals surface area contributed by atoms with Crippen molar-refractivity contribution in [3.63, 3.8) is 0 Å². The summed E-state index contributed by atoms with van der Waals surface area (Å²) in [5.74, 6) is 0.162. The van der Waals surface area contributed by atoms with Crippen molar-refractivity contribution in [3.05, 3.63) is 30.0 Å². The zero-order valence-corrected chi connectivity index (χ0v) is 15.4. The highest BCUT2D eigenvalue weighted by Crippen LogP contribution is 2.28. The molecule has 1 unspecified atom stereocenters. The number of carbonyl (C=O) groups is 1. The SMILES string of the molecule is CCOC(=O)c1nnsc1-c1ccc(OCC(O)CNC(C)C)cc1. The largest absolute Gasteiger partial charge is 0.491 e.